The maximum absolute atomic E-state index is 12.7. The summed E-state index contributed by atoms with van der Waals surface area (Å²) in [5.74, 6) is 0.203. The van der Waals surface area contributed by atoms with Crippen molar-refractivity contribution < 1.29 is 4.79 Å². The summed E-state index contributed by atoms with van der Waals surface area (Å²) in [5.41, 5.74) is 9.46. The average molecular weight is 302 g/mol. The van der Waals surface area contributed by atoms with E-state index >= 15 is 0 Å². The van der Waals surface area contributed by atoms with Crippen molar-refractivity contribution in [3.63, 3.8) is 0 Å². The third-order valence-corrected chi connectivity index (χ3v) is 4.38. The van der Waals surface area contributed by atoms with Crippen LogP contribution in [-0.4, -0.2) is 18.0 Å². The van der Waals surface area contributed by atoms with Crippen molar-refractivity contribution in [3.8, 4) is 0 Å². The van der Waals surface area contributed by atoms with Crippen molar-refractivity contribution in [1.82, 2.24) is 0 Å². The normalized spacial score (nSPS) is 19.2. The molecule has 1 aromatic carbocycles. The Morgan fingerprint density at radius 3 is 2.68 bits per heavy atom. The SMILES string of the molecule is CCCC(N)Cc1ccc2c(c1)CC(C)N2C(=O)C(C)(C)C. The number of benzene rings is 1. The van der Waals surface area contributed by atoms with Crippen LogP contribution < -0.4 is 10.6 Å². The summed E-state index contributed by atoms with van der Waals surface area (Å²) in [5, 5.41) is 0. The summed E-state index contributed by atoms with van der Waals surface area (Å²) in [6, 6.07) is 6.96. The van der Waals surface area contributed by atoms with Crippen LogP contribution in [0.25, 0.3) is 0 Å². The lowest BCUT2D eigenvalue weighted by molar-refractivity contribution is -0.126. The molecule has 1 aliphatic rings. The summed E-state index contributed by atoms with van der Waals surface area (Å²) in [6.07, 6.45) is 4.04. The van der Waals surface area contributed by atoms with E-state index in [-0.39, 0.29) is 23.4 Å². The first-order valence-electron chi connectivity index (χ1n) is 8.45. The second-order valence-corrected chi connectivity index (χ2v) is 7.69. The molecule has 1 aliphatic heterocycles. The highest BCUT2D eigenvalue weighted by Gasteiger charge is 2.36. The Labute approximate surface area is 134 Å². The number of carbonyl (C=O) groups is 1. The van der Waals surface area contributed by atoms with Crippen LogP contribution in [-0.2, 0) is 17.6 Å². The molecule has 2 N–H and O–H groups in total. The zero-order chi connectivity index (χ0) is 16.5. The van der Waals surface area contributed by atoms with Gasteiger partial charge >= 0.3 is 0 Å². The lowest BCUT2D eigenvalue weighted by atomic mass is 9.94. The van der Waals surface area contributed by atoms with Gasteiger partial charge in [-0.1, -0.05) is 46.2 Å². The van der Waals surface area contributed by atoms with E-state index in [2.05, 4.69) is 32.0 Å². The minimum atomic E-state index is -0.349. The van der Waals surface area contributed by atoms with Gasteiger partial charge in [-0.2, -0.15) is 0 Å². The Balaban J connectivity index is 2.23. The Hall–Kier alpha value is -1.35. The van der Waals surface area contributed by atoms with Gasteiger partial charge in [-0.05, 0) is 43.4 Å². The number of hydrogen-bond donors (Lipinski definition) is 1. The van der Waals surface area contributed by atoms with Crippen LogP contribution >= 0.6 is 0 Å². The van der Waals surface area contributed by atoms with Gasteiger partial charge in [-0.25, -0.2) is 0 Å². The maximum Gasteiger partial charge on any atom is 0.232 e. The summed E-state index contributed by atoms with van der Waals surface area (Å²) >= 11 is 0. The number of nitrogens with two attached hydrogens (primary N) is 1. The molecule has 122 valence electrons. The molecular formula is C19H30N2O. The third-order valence-electron chi connectivity index (χ3n) is 4.38. The zero-order valence-corrected chi connectivity index (χ0v) is 14.6. The number of carbonyl (C=O) groups excluding carboxylic acids is 1. The van der Waals surface area contributed by atoms with Crippen LogP contribution in [0.3, 0.4) is 0 Å². The third kappa shape index (κ3) is 3.52. The molecule has 3 heteroatoms. The highest BCUT2D eigenvalue weighted by atomic mass is 16.2. The Morgan fingerprint density at radius 1 is 1.41 bits per heavy atom. The lowest BCUT2D eigenvalue weighted by Gasteiger charge is -2.30. The summed E-state index contributed by atoms with van der Waals surface area (Å²) in [7, 11) is 0. The first-order chi connectivity index (χ1) is 10.2. The number of amides is 1. The van der Waals surface area contributed by atoms with Crippen LogP contribution in [0.1, 0.15) is 58.6 Å². The summed E-state index contributed by atoms with van der Waals surface area (Å²) in [4.78, 5) is 14.7. The van der Waals surface area contributed by atoms with Crippen LogP contribution in [0, 0.1) is 5.41 Å². The number of rotatable bonds is 4. The number of anilines is 1. The molecule has 1 heterocycles. The van der Waals surface area contributed by atoms with Crippen LogP contribution in [0.15, 0.2) is 18.2 Å². The van der Waals surface area contributed by atoms with E-state index in [1.807, 2.05) is 25.7 Å². The standard InChI is InChI=1S/C19H30N2O/c1-6-7-16(20)12-14-8-9-17-15(11-14)10-13(2)21(17)18(22)19(3,4)5/h8-9,11,13,16H,6-7,10,12,20H2,1-5H3. The molecule has 0 spiro atoms. The van der Waals surface area contributed by atoms with Gasteiger partial charge in [0.2, 0.25) is 5.91 Å². The van der Waals surface area contributed by atoms with Crippen LogP contribution in [0.5, 0.6) is 0 Å². The Morgan fingerprint density at radius 2 is 2.09 bits per heavy atom. The first kappa shape index (κ1) is 17.0. The lowest BCUT2D eigenvalue weighted by Crippen LogP contribution is -2.42. The van der Waals surface area contributed by atoms with Gasteiger partial charge in [0.15, 0.2) is 0 Å². The van der Waals surface area contributed by atoms with Crippen molar-refractivity contribution in [2.75, 3.05) is 4.90 Å². The van der Waals surface area contributed by atoms with Gasteiger partial charge < -0.3 is 10.6 Å². The quantitative estimate of drug-likeness (QED) is 0.922. The monoisotopic (exact) mass is 302 g/mol. The Bertz CT molecular complexity index is 545. The molecule has 0 fully saturated rings. The molecule has 3 nitrogen and oxygen atoms in total. The minimum Gasteiger partial charge on any atom is -0.327 e. The highest BCUT2D eigenvalue weighted by Crippen LogP contribution is 2.36. The van der Waals surface area contributed by atoms with Crippen molar-refractivity contribution in [1.29, 1.82) is 0 Å². The number of nitrogens with zero attached hydrogens (tertiary/aromatic N) is 1. The maximum atomic E-state index is 12.7. The van der Waals surface area contributed by atoms with Crippen molar-refractivity contribution in [2.24, 2.45) is 11.1 Å². The van der Waals surface area contributed by atoms with E-state index in [1.165, 1.54) is 11.1 Å². The van der Waals surface area contributed by atoms with Gasteiger partial charge in [-0.3, -0.25) is 4.79 Å². The van der Waals surface area contributed by atoms with E-state index in [1.54, 1.807) is 0 Å². The molecule has 2 rings (SSSR count). The van der Waals surface area contributed by atoms with Crippen molar-refractivity contribution in [2.45, 2.75) is 72.4 Å². The summed E-state index contributed by atoms with van der Waals surface area (Å²) < 4.78 is 0. The van der Waals surface area contributed by atoms with Gasteiger partial charge in [0.25, 0.3) is 0 Å². The molecule has 0 aromatic heterocycles. The number of fused-ring (bicyclic) bond motifs is 1. The molecule has 0 saturated heterocycles. The molecule has 2 atom stereocenters. The molecular weight excluding hydrogens is 272 g/mol. The summed E-state index contributed by atoms with van der Waals surface area (Å²) in [6.45, 7) is 10.3. The minimum absolute atomic E-state index is 0.203. The molecule has 0 radical (unpaired) electrons. The molecule has 0 aliphatic carbocycles. The highest BCUT2D eigenvalue weighted by molar-refractivity contribution is 5.99. The molecule has 0 saturated carbocycles. The fraction of sp³-hybridized carbons (Fsp3) is 0.632. The van der Waals surface area contributed by atoms with Gasteiger partial charge in [0.05, 0.1) is 0 Å². The predicted molar refractivity (Wildman–Crippen MR) is 93.1 cm³/mol. The molecule has 2 unspecified atom stereocenters. The van der Waals surface area contributed by atoms with Gasteiger partial charge in [-0.15, -0.1) is 0 Å². The Kier molecular flexibility index (Phi) is 4.96. The second-order valence-electron chi connectivity index (χ2n) is 7.69. The zero-order valence-electron chi connectivity index (χ0n) is 14.6. The first-order valence-corrected chi connectivity index (χ1v) is 8.45. The van der Waals surface area contributed by atoms with E-state index in [0.29, 0.717) is 0 Å². The van der Waals surface area contributed by atoms with Crippen LogP contribution in [0.4, 0.5) is 5.69 Å². The van der Waals surface area contributed by atoms with Gasteiger partial charge in [0, 0.05) is 23.2 Å². The van der Waals surface area contributed by atoms with Gasteiger partial charge in [0.1, 0.15) is 0 Å². The average Bonchev–Trinajstić information content (AvgIpc) is 2.72. The fourth-order valence-electron chi connectivity index (χ4n) is 3.26. The predicted octanol–water partition coefficient (Wildman–Crippen LogP) is 3.68. The van der Waals surface area contributed by atoms with E-state index in [4.69, 9.17) is 5.73 Å². The molecule has 22 heavy (non-hydrogen) atoms. The van der Waals surface area contributed by atoms with Crippen molar-refractivity contribution >= 4 is 11.6 Å². The topological polar surface area (TPSA) is 46.3 Å². The largest absolute Gasteiger partial charge is 0.327 e. The number of hydrogen-bond acceptors (Lipinski definition) is 2. The van der Waals surface area contributed by atoms with Crippen molar-refractivity contribution in [3.05, 3.63) is 29.3 Å². The molecule has 0 bridgehead atoms. The van der Waals surface area contributed by atoms with E-state index < -0.39 is 0 Å². The molecule has 1 amide bonds. The fourth-order valence-corrected chi connectivity index (χ4v) is 3.26. The molecule has 1 aromatic rings. The van der Waals surface area contributed by atoms with Crippen LogP contribution in [0.2, 0.25) is 0 Å². The van der Waals surface area contributed by atoms with E-state index in [0.717, 1.165) is 31.4 Å². The van der Waals surface area contributed by atoms with E-state index in [9.17, 15) is 4.79 Å². The second kappa shape index (κ2) is 6.41. The smallest absolute Gasteiger partial charge is 0.232 e.